The SMILES string of the molecule is CC1CCC(NC(=O)CN2CCOCC2CO)CC1. The Morgan fingerprint density at radius 1 is 1.37 bits per heavy atom. The van der Waals surface area contributed by atoms with Gasteiger partial charge in [-0.1, -0.05) is 6.92 Å². The monoisotopic (exact) mass is 270 g/mol. The number of nitrogens with zero attached hydrogens (tertiary/aromatic N) is 1. The zero-order chi connectivity index (χ0) is 13.7. The van der Waals surface area contributed by atoms with Gasteiger partial charge in [-0.25, -0.2) is 0 Å². The quantitative estimate of drug-likeness (QED) is 0.775. The van der Waals surface area contributed by atoms with E-state index < -0.39 is 0 Å². The van der Waals surface area contributed by atoms with Crippen molar-refractivity contribution in [2.45, 2.75) is 44.7 Å². The molecule has 0 aromatic carbocycles. The molecule has 2 aliphatic rings. The van der Waals surface area contributed by atoms with Gasteiger partial charge in [0, 0.05) is 12.6 Å². The summed E-state index contributed by atoms with van der Waals surface area (Å²) in [6.45, 7) is 4.59. The Morgan fingerprint density at radius 3 is 2.79 bits per heavy atom. The average molecular weight is 270 g/mol. The average Bonchev–Trinajstić information content (AvgIpc) is 2.42. The van der Waals surface area contributed by atoms with Crippen LogP contribution in [0.4, 0.5) is 0 Å². The summed E-state index contributed by atoms with van der Waals surface area (Å²) in [6.07, 6.45) is 4.61. The number of carbonyl (C=O) groups excluding carboxylic acids is 1. The second-order valence-corrected chi connectivity index (χ2v) is 5.91. The van der Waals surface area contributed by atoms with E-state index in [0.29, 0.717) is 25.8 Å². The van der Waals surface area contributed by atoms with Crippen LogP contribution in [0.1, 0.15) is 32.6 Å². The maximum Gasteiger partial charge on any atom is 0.234 e. The van der Waals surface area contributed by atoms with Crippen LogP contribution in [0, 0.1) is 5.92 Å². The van der Waals surface area contributed by atoms with Crippen molar-refractivity contribution in [1.29, 1.82) is 0 Å². The van der Waals surface area contributed by atoms with Gasteiger partial charge in [-0.2, -0.15) is 0 Å². The summed E-state index contributed by atoms with van der Waals surface area (Å²) < 4.78 is 5.31. The smallest absolute Gasteiger partial charge is 0.234 e. The fourth-order valence-corrected chi connectivity index (χ4v) is 2.93. The van der Waals surface area contributed by atoms with Gasteiger partial charge in [0.15, 0.2) is 0 Å². The largest absolute Gasteiger partial charge is 0.395 e. The van der Waals surface area contributed by atoms with Gasteiger partial charge in [0.05, 0.1) is 32.4 Å². The molecule has 0 aromatic rings. The first kappa shape index (κ1) is 14.8. The summed E-state index contributed by atoms with van der Waals surface area (Å²) >= 11 is 0. The fourth-order valence-electron chi connectivity index (χ4n) is 2.93. The van der Waals surface area contributed by atoms with E-state index in [-0.39, 0.29) is 18.6 Å². The van der Waals surface area contributed by atoms with Crippen LogP contribution in [-0.4, -0.2) is 60.9 Å². The molecule has 1 unspecified atom stereocenters. The highest BCUT2D eigenvalue weighted by atomic mass is 16.5. The van der Waals surface area contributed by atoms with Crippen LogP contribution >= 0.6 is 0 Å². The lowest BCUT2D eigenvalue weighted by Gasteiger charge is -2.34. The molecule has 1 atom stereocenters. The highest BCUT2D eigenvalue weighted by molar-refractivity contribution is 5.78. The first-order chi connectivity index (χ1) is 9.19. The number of ether oxygens (including phenoxy) is 1. The molecule has 0 bridgehead atoms. The molecule has 19 heavy (non-hydrogen) atoms. The molecule has 5 heteroatoms. The maximum absolute atomic E-state index is 12.0. The molecule has 1 amide bonds. The molecule has 110 valence electrons. The molecule has 0 aromatic heterocycles. The van der Waals surface area contributed by atoms with E-state index in [0.717, 1.165) is 25.3 Å². The molecular formula is C14H26N2O3. The van der Waals surface area contributed by atoms with E-state index in [1.54, 1.807) is 0 Å². The molecule has 1 heterocycles. The van der Waals surface area contributed by atoms with Crippen molar-refractivity contribution in [2.75, 3.05) is 32.9 Å². The summed E-state index contributed by atoms with van der Waals surface area (Å²) in [7, 11) is 0. The van der Waals surface area contributed by atoms with Crippen LogP contribution in [0.25, 0.3) is 0 Å². The number of hydrogen-bond acceptors (Lipinski definition) is 4. The third-order valence-corrected chi connectivity index (χ3v) is 4.29. The molecule has 0 radical (unpaired) electrons. The first-order valence-corrected chi connectivity index (χ1v) is 7.41. The van der Waals surface area contributed by atoms with Crippen molar-refractivity contribution in [2.24, 2.45) is 5.92 Å². The molecule has 2 fully saturated rings. The molecule has 1 saturated heterocycles. The van der Waals surface area contributed by atoms with Gasteiger partial charge < -0.3 is 15.2 Å². The number of rotatable bonds is 4. The van der Waals surface area contributed by atoms with Crippen molar-refractivity contribution in [3.63, 3.8) is 0 Å². The van der Waals surface area contributed by atoms with E-state index in [2.05, 4.69) is 12.2 Å². The van der Waals surface area contributed by atoms with Gasteiger partial charge in [-0.3, -0.25) is 9.69 Å². The summed E-state index contributed by atoms with van der Waals surface area (Å²) in [5, 5.41) is 12.4. The molecular weight excluding hydrogens is 244 g/mol. The summed E-state index contributed by atoms with van der Waals surface area (Å²) in [5.74, 6) is 0.881. The van der Waals surface area contributed by atoms with Crippen LogP contribution in [-0.2, 0) is 9.53 Å². The van der Waals surface area contributed by atoms with Gasteiger partial charge in [0.25, 0.3) is 0 Å². The Morgan fingerprint density at radius 2 is 2.11 bits per heavy atom. The molecule has 1 aliphatic heterocycles. The van der Waals surface area contributed by atoms with E-state index in [9.17, 15) is 9.90 Å². The number of carbonyl (C=O) groups is 1. The number of hydrogen-bond donors (Lipinski definition) is 2. The second-order valence-electron chi connectivity index (χ2n) is 5.91. The lowest BCUT2D eigenvalue weighted by molar-refractivity contribution is -0.126. The summed E-state index contributed by atoms with van der Waals surface area (Å²) in [4.78, 5) is 14.1. The van der Waals surface area contributed by atoms with Gasteiger partial charge in [0.1, 0.15) is 0 Å². The minimum absolute atomic E-state index is 0.0362. The minimum Gasteiger partial charge on any atom is -0.395 e. The third-order valence-electron chi connectivity index (χ3n) is 4.29. The van der Waals surface area contributed by atoms with Crippen molar-refractivity contribution in [1.82, 2.24) is 10.2 Å². The van der Waals surface area contributed by atoms with Crippen LogP contribution in [0.2, 0.25) is 0 Å². The Labute approximate surface area is 115 Å². The Bertz CT molecular complexity index is 290. The van der Waals surface area contributed by atoms with Gasteiger partial charge >= 0.3 is 0 Å². The predicted octanol–water partition coefficient (Wildman–Crippen LogP) is 0.374. The predicted molar refractivity (Wildman–Crippen MR) is 72.8 cm³/mol. The van der Waals surface area contributed by atoms with Crippen LogP contribution in [0.15, 0.2) is 0 Å². The van der Waals surface area contributed by atoms with Gasteiger partial charge in [-0.15, -0.1) is 0 Å². The van der Waals surface area contributed by atoms with Crippen LogP contribution in [0.3, 0.4) is 0 Å². The topological polar surface area (TPSA) is 61.8 Å². The fraction of sp³-hybridized carbons (Fsp3) is 0.929. The van der Waals surface area contributed by atoms with E-state index in [1.807, 2.05) is 4.90 Å². The second kappa shape index (κ2) is 7.22. The van der Waals surface area contributed by atoms with Gasteiger partial charge in [-0.05, 0) is 31.6 Å². The summed E-state index contributed by atoms with van der Waals surface area (Å²) in [6, 6.07) is 0.309. The van der Waals surface area contributed by atoms with Crippen molar-refractivity contribution in [3.8, 4) is 0 Å². The highest BCUT2D eigenvalue weighted by Gasteiger charge is 2.25. The number of aliphatic hydroxyl groups excluding tert-OH is 1. The van der Waals surface area contributed by atoms with Gasteiger partial charge in [0.2, 0.25) is 5.91 Å². The lowest BCUT2D eigenvalue weighted by Crippen LogP contribution is -2.52. The summed E-state index contributed by atoms with van der Waals surface area (Å²) in [5.41, 5.74) is 0. The lowest BCUT2D eigenvalue weighted by atomic mass is 9.87. The van der Waals surface area contributed by atoms with Crippen molar-refractivity contribution < 1.29 is 14.6 Å². The minimum atomic E-state index is -0.0362. The van der Waals surface area contributed by atoms with Crippen LogP contribution < -0.4 is 5.32 Å². The molecule has 0 spiro atoms. The van der Waals surface area contributed by atoms with Crippen molar-refractivity contribution >= 4 is 5.91 Å². The number of nitrogens with one attached hydrogen (secondary N) is 1. The maximum atomic E-state index is 12.0. The standard InChI is InChI=1S/C14H26N2O3/c1-11-2-4-12(5-3-11)15-14(18)8-16-6-7-19-10-13(16)9-17/h11-13,17H,2-10H2,1H3,(H,15,18). The Kier molecular flexibility index (Phi) is 5.60. The zero-order valence-electron chi connectivity index (χ0n) is 11.8. The third kappa shape index (κ3) is 4.44. The molecule has 2 rings (SSSR count). The number of amides is 1. The van der Waals surface area contributed by atoms with Crippen LogP contribution in [0.5, 0.6) is 0 Å². The molecule has 5 nitrogen and oxygen atoms in total. The Hall–Kier alpha value is -0.650. The van der Waals surface area contributed by atoms with Crippen molar-refractivity contribution in [3.05, 3.63) is 0 Å². The molecule has 2 N–H and O–H groups in total. The number of morpholine rings is 1. The van der Waals surface area contributed by atoms with E-state index in [4.69, 9.17) is 4.74 Å². The normalized spacial score (nSPS) is 33.1. The molecule has 1 saturated carbocycles. The first-order valence-electron chi connectivity index (χ1n) is 7.41. The van der Waals surface area contributed by atoms with E-state index >= 15 is 0 Å². The number of aliphatic hydroxyl groups is 1. The Balaban J connectivity index is 1.74. The highest BCUT2D eigenvalue weighted by Crippen LogP contribution is 2.23. The zero-order valence-corrected chi connectivity index (χ0v) is 11.8. The van der Waals surface area contributed by atoms with E-state index in [1.165, 1.54) is 12.8 Å². The molecule has 1 aliphatic carbocycles.